The number of aromatic amines is 1. The second-order valence-corrected chi connectivity index (χ2v) is 4.14. The first-order valence-corrected chi connectivity index (χ1v) is 5.45. The van der Waals surface area contributed by atoms with Crippen LogP contribution in [0.3, 0.4) is 0 Å². The third kappa shape index (κ3) is 2.36. The highest BCUT2D eigenvalue weighted by Crippen LogP contribution is 2.21. The van der Waals surface area contributed by atoms with Crippen molar-refractivity contribution in [3.8, 4) is 0 Å². The summed E-state index contributed by atoms with van der Waals surface area (Å²) in [6.45, 7) is -0.445. The summed E-state index contributed by atoms with van der Waals surface area (Å²) in [5.41, 5.74) is -1.14. The van der Waals surface area contributed by atoms with Crippen LogP contribution in [0.2, 0.25) is 0 Å². The highest BCUT2D eigenvalue weighted by molar-refractivity contribution is 4.92. The summed E-state index contributed by atoms with van der Waals surface area (Å²) >= 11 is 0. The molecule has 2 heterocycles. The molecule has 1 aliphatic heterocycles. The Bertz CT molecular complexity index is 524. The van der Waals surface area contributed by atoms with Gasteiger partial charge in [-0.3, -0.25) is 14.3 Å². The summed E-state index contributed by atoms with van der Waals surface area (Å²) < 4.78 is 6.38. The predicted octanol–water partition coefficient (Wildman–Crippen LogP) is -2.98. The molecule has 0 aromatic carbocycles. The Morgan fingerprint density at radius 1 is 1.28 bits per heavy atom. The van der Waals surface area contributed by atoms with E-state index in [4.69, 9.17) is 9.84 Å². The summed E-state index contributed by atoms with van der Waals surface area (Å²) in [5, 5.41) is 28.1. The van der Waals surface area contributed by atoms with Gasteiger partial charge >= 0.3 is 5.69 Å². The van der Waals surface area contributed by atoms with E-state index in [0.717, 1.165) is 4.57 Å². The molecule has 2 rings (SSSR count). The van der Waals surface area contributed by atoms with E-state index < -0.39 is 42.3 Å². The lowest BCUT2D eigenvalue weighted by Gasteiger charge is -2.15. The highest BCUT2D eigenvalue weighted by Gasteiger charge is 2.42. The monoisotopic (exact) mass is 258 g/mol. The van der Waals surface area contributed by atoms with Crippen molar-refractivity contribution in [3.05, 3.63) is 33.1 Å². The number of hydrogen-bond donors (Lipinski definition) is 4. The smallest absolute Gasteiger partial charge is 0.328 e. The normalized spacial score (nSPS) is 31.7. The minimum Gasteiger partial charge on any atom is -0.394 e. The second kappa shape index (κ2) is 5.02. The molecule has 0 bridgehead atoms. The summed E-state index contributed by atoms with van der Waals surface area (Å²) in [6.07, 6.45) is -2.81. The van der Waals surface area contributed by atoms with Crippen molar-refractivity contribution in [2.75, 3.05) is 6.61 Å². The van der Waals surface area contributed by atoms with Crippen LogP contribution >= 0.6 is 0 Å². The van der Waals surface area contributed by atoms with Crippen molar-refractivity contribution in [2.45, 2.75) is 31.0 Å². The minimum absolute atomic E-state index is 0.0235. The summed E-state index contributed by atoms with van der Waals surface area (Å²) in [4.78, 5) is 24.4. The largest absolute Gasteiger partial charge is 0.394 e. The molecule has 18 heavy (non-hydrogen) atoms. The zero-order valence-corrected chi connectivity index (χ0v) is 9.39. The standard InChI is InChI=1S/C10H14N2O6/c13-4-6-9(16)8(15)5(18-6)3-12-2-1-7(14)11-10(12)17/h1-2,5-6,8-9,13,15-16H,3-4H2,(H,11,14,17)/t5-,6-,8-,9-/m1/s1. The maximum absolute atomic E-state index is 11.4. The van der Waals surface area contributed by atoms with E-state index in [-0.39, 0.29) is 6.54 Å². The Hall–Kier alpha value is -1.48. The lowest BCUT2D eigenvalue weighted by molar-refractivity contribution is -0.0269. The Morgan fingerprint density at radius 2 is 1.94 bits per heavy atom. The van der Waals surface area contributed by atoms with Crippen LogP contribution in [0.15, 0.2) is 21.9 Å². The Balaban J connectivity index is 2.15. The molecule has 1 saturated heterocycles. The van der Waals surface area contributed by atoms with Gasteiger partial charge in [0.05, 0.1) is 13.2 Å². The van der Waals surface area contributed by atoms with Crippen molar-refractivity contribution in [1.82, 2.24) is 9.55 Å². The molecular formula is C10H14N2O6. The van der Waals surface area contributed by atoms with Gasteiger partial charge in [-0.2, -0.15) is 0 Å². The Morgan fingerprint density at radius 3 is 2.50 bits per heavy atom. The highest BCUT2D eigenvalue weighted by atomic mass is 16.6. The van der Waals surface area contributed by atoms with Crippen molar-refractivity contribution >= 4 is 0 Å². The number of aromatic nitrogens is 2. The van der Waals surface area contributed by atoms with Gasteiger partial charge in [0.15, 0.2) is 0 Å². The third-order valence-electron chi connectivity index (χ3n) is 2.91. The predicted molar refractivity (Wildman–Crippen MR) is 59.1 cm³/mol. The number of rotatable bonds is 3. The molecule has 1 aliphatic rings. The molecule has 4 N–H and O–H groups in total. The third-order valence-corrected chi connectivity index (χ3v) is 2.91. The topological polar surface area (TPSA) is 125 Å². The SMILES string of the molecule is O=c1ccn(C[C@H]2O[C@H](CO)[C@@H](O)[C@@H]2O)c(=O)[nH]1. The van der Waals surface area contributed by atoms with E-state index in [9.17, 15) is 19.8 Å². The summed E-state index contributed by atoms with van der Waals surface area (Å²) in [5.74, 6) is 0. The number of hydrogen-bond acceptors (Lipinski definition) is 6. The molecule has 1 aromatic heterocycles. The van der Waals surface area contributed by atoms with Gasteiger partial charge in [-0.1, -0.05) is 0 Å². The fourth-order valence-corrected chi connectivity index (χ4v) is 1.91. The van der Waals surface area contributed by atoms with Crippen LogP contribution in [0.5, 0.6) is 0 Å². The van der Waals surface area contributed by atoms with Crippen LogP contribution < -0.4 is 11.2 Å². The van der Waals surface area contributed by atoms with Crippen LogP contribution in [-0.4, -0.2) is 55.9 Å². The number of nitrogens with one attached hydrogen (secondary N) is 1. The van der Waals surface area contributed by atoms with E-state index in [1.807, 2.05) is 0 Å². The number of H-pyrrole nitrogens is 1. The van der Waals surface area contributed by atoms with Crippen molar-refractivity contribution in [1.29, 1.82) is 0 Å². The molecule has 8 heteroatoms. The zero-order chi connectivity index (χ0) is 13.3. The van der Waals surface area contributed by atoms with Crippen LogP contribution in [0.1, 0.15) is 0 Å². The van der Waals surface area contributed by atoms with E-state index in [1.165, 1.54) is 12.3 Å². The zero-order valence-electron chi connectivity index (χ0n) is 9.39. The fourth-order valence-electron chi connectivity index (χ4n) is 1.91. The number of aliphatic hydroxyl groups is 3. The van der Waals surface area contributed by atoms with Gasteiger partial charge < -0.3 is 20.1 Å². The first kappa shape index (κ1) is 13.0. The van der Waals surface area contributed by atoms with Gasteiger partial charge in [0.2, 0.25) is 0 Å². The van der Waals surface area contributed by atoms with Gasteiger partial charge in [0.25, 0.3) is 5.56 Å². The molecular weight excluding hydrogens is 244 g/mol. The Labute approximate surface area is 101 Å². The lowest BCUT2D eigenvalue weighted by atomic mass is 10.1. The molecule has 0 saturated carbocycles. The molecule has 0 spiro atoms. The maximum atomic E-state index is 11.4. The lowest BCUT2D eigenvalue weighted by Crippen LogP contribution is -2.38. The molecule has 0 amide bonds. The first-order chi connectivity index (χ1) is 8.52. The maximum Gasteiger partial charge on any atom is 0.328 e. The van der Waals surface area contributed by atoms with Gasteiger partial charge in [-0.05, 0) is 0 Å². The first-order valence-electron chi connectivity index (χ1n) is 5.45. The quantitative estimate of drug-likeness (QED) is 0.458. The molecule has 0 radical (unpaired) electrons. The fraction of sp³-hybridized carbons (Fsp3) is 0.600. The van der Waals surface area contributed by atoms with E-state index in [0.29, 0.717) is 0 Å². The molecule has 100 valence electrons. The van der Waals surface area contributed by atoms with Crippen molar-refractivity contribution < 1.29 is 20.1 Å². The number of ether oxygens (including phenoxy) is 1. The van der Waals surface area contributed by atoms with Crippen LogP contribution in [0.4, 0.5) is 0 Å². The summed E-state index contributed by atoms with van der Waals surface area (Å²) in [7, 11) is 0. The van der Waals surface area contributed by atoms with E-state index in [2.05, 4.69) is 4.98 Å². The van der Waals surface area contributed by atoms with Crippen molar-refractivity contribution in [3.63, 3.8) is 0 Å². The van der Waals surface area contributed by atoms with Gasteiger partial charge in [0.1, 0.15) is 24.4 Å². The molecule has 1 fully saturated rings. The number of aliphatic hydroxyl groups excluding tert-OH is 3. The molecule has 0 aliphatic carbocycles. The van der Waals surface area contributed by atoms with Gasteiger partial charge in [-0.25, -0.2) is 4.79 Å². The summed E-state index contributed by atoms with van der Waals surface area (Å²) in [6, 6.07) is 1.17. The van der Waals surface area contributed by atoms with E-state index >= 15 is 0 Å². The van der Waals surface area contributed by atoms with Crippen LogP contribution in [-0.2, 0) is 11.3 Å². The van der Waals surface area contributed by atoms with Gasteiger partial charge in [-0.15, -0.1) is 0 Å². The number of nitrogens with zero attached hydrogens (tertiary/aromatic N) is 1. The average Bonchev–Trinajstić information content (AvgIpc) is 2.60. The molecule has 4 atom stereocenters. The van der Waals surface area contributed by atoms with Crippen LogP contribution in [0.25, 0.3) is 0 Å². The molecule has 1 aromatic rings. The second-order valence-electron chi connectivity index (χ2n) is 4.14. The molecule has 0 unspecified atom stereocenters. The van der Waals surface area contributed by atoms with Gasteiger partial charge in [0, 0.05) is 12.3 Å². The Kier molecular flexibility index (Phi) is 3.62. The minimum atomic E-state index is -1.20. The van der Waals surface area contributed by atoms with Crippen LogP contribution in [0, 0.1) is 0 Å². The van der Waals surface area contributed by atoms with Crippen molar-refractivity contribution in [2.24, 2.45) is 0 Å². The molecule has 8 nitrogen and oxygen atoms in total. The average molecular weight is 258 g/mol. The van der Waals surface area contributed by atoms with E-state index in [1.54, 1.807) is 0 Å².